The summed E-state index contributed by atoms with van der Waals surface area (Å²) >= 11 is 0. The fraction of sp³-hybridized carbons (Fsp3) is 0.917. The molecule has 0 aromatic heterocycles. The van der Waals surface area contributed by atoms with Crippen LogP contribution in [-0.4, -0.2) is 29.6 Å². The zero-order valence-corrected chi connectivity index (χ0v) is 10.4. The molecule has 0 aromatic carbocycles. The molecule has 1 N–H and O–H groups in total. The zero-order valence-electron chi connectivity index (χ0n) is 10.4. The second-order valence-corrected chi connectivity index (χ2v) is 4.92. The van der Waals surface area contributed by atoms with Gasteiger partial charge in [-0.1, -0.05) is 33.6 Å². The minimum absolute atomic E-state index is 0.0682. The zero-order chi connectivity index (χ0) is 11.4. The Labute approximate surface area is 93.2 Å². The number of unbranched alkanes of at least 4 members (excludes halogenated alkanes) is 1. The van der Waals surface area contributed by atoms with Crippen LogP contribution < -0.4 is 5.32 Å². The van der Waals surface area contributed by atoms with E-state index in [0.29, 0.717) is 11.8 Å². The maximum absolute atomic E-state index is 12.0. The van der Waals surface area contributed by atoms with Crippen molar-refractivity contribution in [3.8, 4) is 0 Å². The van der Waals surface area contributed by atoms with E-state index in [1.807, 2.05) is 4.90 Å². The van der Waals surface area contributed by atoms with E-state index in [1.165, 1.54) is 0 Å². The highest BCUT2D eigenvalue weighted by Gasteiger charge is 2.35. The number of carbonyl (C=O) groups is 1. The molecule has 1 aliphatic heterocycles. The summed E-state index contributed by atoms with van der Waals surface area (Å²) in [7, 11) is 0. The van der Waals surface area contributed by atoms with Gasteiger partial charge in [0.05, 0.1) is 12.2 Å². The first kappa shape index (κ1) is 12.5. The Morgan fingerprint density at radius 2 is 2.13 bits per heavy atom. The number of hydrogen-bond donors (Lipinski definition) is 1. The van der Waals surface area contributed by atoms with Gasteiger partial charge in [-0.2, -0.15) is 0 Å². The van der Waals surface area contributed by atoms with Gasteiger partial charge in [0, 0.05) is 6.54 Å². The van der Waals surface area contributed by atoms with Crippen molar-refractivity contribution in [2.24, 2.45) is 5.92 Å². The minimum Gasteiger partial charge on any atom is -0.326 e. The Morgan fingerprint density at radius 1 is 1.47 bits per heavy atom. The van der Waals surface area contributed by atoms with Gasteiger partial charge in [0.2, 0.25) is 5.91 Å². The largest absolute Gasteiger partial charge is 0.326 e. The molecule has 1 amide bonds. The molecule has 0 aromatic rings. The van der Waals surface area contributed by atoms with Gasteiger partial charge in [-0.3, -0.25) is 10.1 Å². The van der Waals surface area contributed by atoms with Gasteiger partial charge in [0.25, 0.3) is 0 Å². The molecule has 0 aliphatic carbocycles. The number of nitrogens with one attached hydrogen (secondary N) is 1. The molecule has 1 rings (SSSR count). The Kier molecular flexibility index (Phi) is 4.58. The number of carbonyl (C=O) groups excluding carboxylic acids is 1. The summed E-state index contributed by atoms with van der Waals surface area (Å²) in [5.41, 5.74) is 0. The molecular weight excluding hydrogens is 188 g/mol. The Balaban J connectivity index is 2.50. The van der Waals surface area contributed by atoms with Crippen molar-refractivity contribution in [2.75, 3.05) is 6.54 Å². The Morgan fingerprint density at radius 3 is 2.67 bits per heavy atom. The summed E-state index contributed by atoms with van der Waals surface area (Å²) in [5.74, 6) is 0.841. The van der Waals surface area contributed by atoms with E-state index >= 15 is 0 Å². The van der Waals surface area contributed by atoms with Gasteiger partial charge in [-0.15, -0.1) is 0 Å². The van der Waals surface area contributed by atoms with Crippen LogP contribution in [-0.2, 0) is 4.79 Å². The first-order valence-corrected chi connectivity index (χ1v) is 6.12. The standard InChI is InChI=1S/C12H24N2O/c1-5-6-7-11-12(15)14(8-9(2)3)10(4)13-11/h9-11,13H,5-8H2,1-4H3. The first-order valence-electron chi connectivity index (χ1n) is 6.12. The molecule has 0 bridgehead atoms. The van der Waals surface area contributed by atoms with Crippen LogP contribution >= 0.6 is 0 Å². The average molecular weight is 212 g/mol. The van der Waals surface area contributed by atoms with Crippen molar-refractivity contribution < 1.29 is 4.79 Å². The maximum atomic E-state index is 12.0. The van der Waals surface area contributed by atoms with Gasteiger partial charge in [0.1, 0.15) is 0 Å². The van der Waals surface area contributed by atoms with Crippen LogP contribution in [0.1, 0.15) is 47.0 Å². The first-order chi connectivity index (χ1) is 7.06. The van der Waals surface area contributed by atoms with Crippen LogP contribution in [0.25, 0.3) is 0 Å². The lowest BCUT2D eigenvalue weighted by Gasteiger charge is -2.22. The summed E-state index contributed by atoms with van der Waals surface area (Å²) in [5, 5.41) is 3.37. The molecule has 2 unspecified atom stereocenters. The minimum atomic E-state index is 0.0682. The van der Waals surface area contributed by atoms with E-state index in [2.05, 4.69) is 33.0 Å². The van der Waals surface area contributed by atoms with Crippen molar-refractivity contribution in [3.05, 3.63) is 0 Å². The van der Waals surface area contributed by atoms with Crippen LogP contribution in [0.2, 0.25) is 0 Å². The monoisotopic (exact) mass is 212 g/mol. The van der Waals surface area contributed by atoms with E-state index in [9.17, 15) is 4.79 Å². The summed E-state index contributed by atoms with van der Waals surface area (Å²) in [4.78, 5) is 14.0. The molecule has 3 nitrogen and oxygen atoms in total. The molecule has 2 atom stereocenters. The summed E-state index contributed by atoms with van der Waals surface area (Å²) in [6.07, 6.45) is 3.48. The van der Waals surface area contributed by atoms with Crippen LogP contribution in [0.3, 0.4) is 0 Å². The molecule has 1 fully saturated rings. The van der Waals surface area contributed by atoms with E-state index in [4.69, 9.17) is 0 Å². The molecule has 15 heavy (non-hydrogen) atoms. The fourth-order valence-electron chi connectivity index (χ4n) is 2.10. The van der Waals surface area contributed by atoms with Gasteiger partial charge in [0.15, 0.2) is 0 Å². The van der Waals surface area contributed by atoms with Crippen LogP contribution in [0.5, 0.6) is 0 Å². The lowest BCUT2D eigenvalue weighted by molar-refractivity contribution is -0.130. The molecular formula is C12H24N2O. The Bertz CT molecular complexity index is 216. The smallest absolute Gasteiger partial charge is 0.241 e. The predicted octanol–water partition coefficient (Wildman–Crippen LogP) is 1.98. The fourth-order valence-corrected chi connectivity index (χ4v) is 2.10. The molecule has 1 heterocycles. The lowest BCUT2D eigenvalue weighted by Crippen LogP contribution is -2.37. The van der Waals surface area contributed by atoms with Crippen molar-refractivity contribution in [1.82, 2.24) is 10.2 Å². The van der Waals surface area contributed by atoms with E-state index in [-0.39, 0.29) is 12.2 Å². The van der Waals surface area contributed by atoms with Crippen molar-refractivity contribution >= 4 is 5.91 Å². The third-order valence-electron chi connectivity index (χ3n) is 2.90. The predicted molar refractivity (Wildman–Crippen MR) is 62.5 cm³/mol. The summed E-state index contributed by atoms with van der Waals surface area (Å²) in [6, 6.07) is 0.0682. The van der Waals surface area contributed by atoms with E-state index < -0.39 is 0 Å². The molecule has 0 saturated carbocycles. The third-order valence-corrected chi connectivity index (χ3v) is 2.90. The summed E-state index contributed by atoms with van der Waals surface area (Å²) in [6.45, 7) is 9.41. The highest BCUT2D eigenvalue weighted by atomic mass is 16.2. The third kappa shape index (κ3) is 3.20. The summed E-state index contributed by atoms with van der Waals surface area (Å²) < 4.78 is 0. The number of nitrogens with zero attached hydrogens (tertiary/aromatic N) is 1. The topological polar surface area (TPSA) is 32.3 Å². The normalized spacial score (nSPS) is 26.7. The molecule has 0 radical (unpaired) electrons. The van der Waals surface area contributed by atoms with Gasteiger partial charge in [-0.25, -0.2) is 0 Å². The van der Waals surface area contributed by atoms with Crippen LogP contribution in [0, 0.1) is 5.92 Å². The highest BCUT2D eigenvalue weighted by Crippen LogP contribution is 2.16. The number of amides is 1. The van der Waals surface area contributed by atoms with Crippen LogP contribution in [0.4, 0.5) is 0 Å². The number of hydrogen-bond acceptors (Lipinski definition) is 2. The highest BCUT2D eigenvalue weighted by molar-refractivity contribution is 5.84. The second kappa shape index (κ2) is 5.50. The van der Waals surface area contributed by atoms with Gasteiger partial charge < -0.3 is 4.90 Å². The second-order valence-electron chi connectivity index (χ2n) is 4.92. The molecule has 88 valence electrons. The molecule has 0 spiro atoms. The van der Waals surface area contributed by atoms with Crippen LogP contribution in [0.15, 0.2) is 0 Å². The van der Waals surface area contributed by atoms with E-state index in [0.717, 1.165) is 25.8 Å². The SMILES string of the molecule is CCCCC1NC(C)N(CC(C)C)C1=O. The maximum Gasteiger partial charge on any atom is 0.241 e. The molecule has 1 aliphatic rings. The average Bonchev–Trinajstić information content (AvgIpc) is 2.42. The van der Waals surface area contributed by atoms with Gasteiger partial charge >= 0.3 is 0 Å². The lowest BCUT2D eigenvalue weighted by atomic mass is 10.1. The quantitative estimate of drug-likeness (QED) is 0.755. The number of rotatable bonds is 5. The van der Waals surface area contributed by atoms with E-state index in [1.54, 1.807) is 0 Å². The van der Waals surface area contributed by atoms with Crippen molar-refractivity contribution in [1.29, 1.82) is 0 Å². The Hall–Kier alpha value is -0.570. The molecule has 3 heteroatoms. The van der Waals surface area contributed by atoms with Crippen molar-refractivity contribution in [3.63, 3.8) is 0 Å². The molecule has 1 saturated heterocycles. The van der Waals surface area contributed by atoms with Crippen molar-refractivity contribution in [2.45, 2.75) is 59.2 Å². The van der Waals surface area contributed by atoms with Gasteiger partial charge in [-0.05, 0) is 19.3 Å².